The molecule has 0 fully saturated rings. The first-order chi connectivity index (χ1) is 8.75. The molecule has 0 aliphatic rings. The zero-order valence-electron chi connectivity index (χ0n) is 10.2. The molecule has 18 heavy (non-hydrogen) atoms. The molecule has 0 aliphatic carbocycles. The summed E-state index contributed by atoms with van der Waals surface area (Å²) in [5.74, 6) is -0.468. The van der Waals surface area contributed by atoms with Gasteiger partial charge in [-0.25, -0.2) is 4.79 Å². The van der Waals surface area contributed by atoms with Crippen LogP contribution in [-0.4, -0.2) is 44.5 Å². The maximum absolute atomic E-state index is 11.6. The zero-order valence-corrected chi connectivity index (χ0v) is 11.0. The highest BCUT2D eigenvalue weighted by Crippen LogP contribution is 2.14. The van der Waals surface area contributed by atoms with Crippen LogP contribution in [0.3, 0.4) is 0 Å². The molecule has 0 bridgehead atoms. The third kappa shape index (κ3) is 5.44. The molecule has 0 saturated heterocycles. The van der Waals surface area contributed by atoms with Crippen molar-refractivity contribution in [1.82, 2.24) is 4.98 Å². The van der Waals surface area contributed by atoms with Gasteiger partial charge in [-0.2, -0.15) is 0 Å². The highest BCUT2D eigenvalue weighted by Gasteiger charge is 2.11. The number of methoxy groups -OCH3 is 1. The Morgan fingerprint density at radius 3 is 2.89 bits per heavy atom. The molecule has 1 aromatic rings. The Balaban J connectivity index is 2.16. The second-order valence-corrected chi connectivity index (χ2v) is 3.86. The van der Waals surface area contributed by atoms with Crippen molar-refractivity contribution >= 4 is 17.6 Å². The lowest BCUT2D eigenvalue weighted by Gasteiger charge is -2.06. The van der Waals surface area contributed by atoms with E-state index in [-0.39, 0.29) is 12.2 Å². The molecule has 0 atom stereocenters. The number of aromatic nitrogens is 1. The molecule has 100 valence electrons. The number of ether oxygens (including phenoxy) is 3. The van der Waals surface area contributed by atoms with E-state index in [1.54, 1.807) is 13.2 Å². The summed E-state index contributed by atoms with van der Waals surface area (Å²) in [4.78, 5) is 15.4. The summed E-state index contributed by atoms with van der Waals surface area (Å²) in [6.07, 6.45) is 3.54. The number of esters is 1. The van der Waals surface area contributed by atoms with Crippen molar-refractivity contribution in [3.8, 4) is 0 Å². The molecule has 1 heterocycles. The molecule has 0 aliphatic heterocycles. The second kappa shape index (κ2) is 8.85. The fourth-order valence-electron chi connectivity index (χ4n) is 1.18. The lowest BCUT2D eigenvalue weighted by molar-refractivity contribution is 0.0385. The van der Waals surface area contributed by atoms with Crippen molar-refractivity contribution in [2.45, 2.75) is 6.42 Å². The molecule has 1 rings (SSSR count). The van der Waals surface area contributed by atoms with E-state index in [2.05, 4.69) is 4.98 Å². The van der Waals surface area contributed by atoms with Crippen LogP contribution < -0.4 is 0 Å². The minimum absolute atomic E-state index is 0.277. The maximum atomic E-state index is 11.6. The summed E-state index contributed by atoms with van der Waals surface area (Å²) >= 11 is 5.84. The summed E-state index contributed by atoms with van der Waals surface area (Å²) in [6.45, 7) is 1.92. The molecular weight excluding hydrogens is 258 g/mol. The van der Waals surface area contributed by atoms with Crippen LogP contribution in [0, 0.1) is 0 Å². The highest BCUT2D eigenvalue weighted by molar-refractivity contribution is 6.33. The van der Waals surface area contributed by atoms with E-state index in [0.717, 1.165) is 0 Å². The van der Waals surface area contributed by atoms with E-state index in [9.17, 15) is 4.79 Å². The van der Waals surface area contributed by atoms with E-state index in [4.69, 9.17) is 25.8 Å². The van der Waals surface area contributed by atoms with Crippen LogP contribution in [0.4, 0.5) is 0 Å². The van der Waals surface area contributed by atoms with Gasteiger partial charge in [0.05, 0.1) is 30.4 Å². The van der Waals surface area contributed by atoms with Gasteiger partial charge in [-0.05, 0) is 6.07 Å². The van der Waals surface area contributed by atoms with Gasteiger partial charge in [0.15, 0.2) is 0 Å². The van der Waals surface area contributed by atoms with Crippen molar-refractivity contribution in [3.63, 3.8) is 0 Å². The van der Waals surface area contributed by atoms with Crippen LogP contribution in [0.15, 0.2) is 18.5 Å². The predicted octanol–water partition coefficient (Wildman–Crippen LogP) is 1.94. The molecule has 0 amide bonds. The highest BCUT2D eigenvalue weighted by atomic mass is 35.5. The topological polar surface area (TPSA) is 57.7 Å². The van der Waals surface area contributed by atoms with E-state index < -0.39 is 5.97 Å². The molecule has 0 spiro atoms. The molecule has 6 heteroatoms. The smallest absolute Gasteiger partial charge is 0.341 e. The first kappa shape index (κ1) is 14.9. The minimum Gasteiger partial charge on any atom is -0.462 e. The number of halogens is 1. The molecule has 0 N–H and O–H groups in total. The Morgan fingerprint density at radius 2 is 2.17 bits per heavy atom. The van der Waals surface area contributed by atoms with Crippen molar-refractivity contribution in [1.29, 1.82) is 0 Å². The number of nitrogens with zero attached hydrogens (tertiary/aromatic N) is 1. The number of carbonyl (C=O) groups is 1. The van der Waals surface area contributed by atoms with E-state index in [1.165, 1.54) is 12.4 Å². The van der Waals surface area contributed by atoms with Crippen LogP contribution in [0.1, 0.15) is 16.8 Å². The molecule has 0 saturated carbocycles. The monoisotopic (exact) mass is 273 g/mol. The van der Waals surface area contributed by atoms with Gasteiger partial charge in [0, 0.05) is 32.5 Å². The summed E-state index contributed by atoms with van der Waals surface area (Å²) in [6, 6.07) is 1.55. The van der Waals surface area contributed by atoms with Gasteiger partial charge in [0.2, 0.25) is 0 Å². The normalized spacial score (nSPS) is 10.3. The molecule has 5 nitrogen and oxygen atoms in total. The van der Waals surface area contributed by atoms with Gasteiger partial charge >= 0.3 is 5.97 Å². The third-order valence-corrected chi connectivity index (χ3v) is 2.42. The maximum Gasteiger partial charge on any atom is 0.341 e. The van der Waals surface area contributed by atoms with E-state index in [0.29, 0.717) is 31.3 Å². The second-order valence-electron chi connectivity index (χ2n) is 3.45. The Kier molecular flexibility index (Phi) is 7.32. The van der Waals surface area contributed by atoms with Crippen LogP contribution in [0.25, 0.3) is 0 Å². The standard InChI is InChI=1S/C12H16ClNO4/c1-16-7-8-17-5-2-6-18-12(15)10-9-14-4-3-11(10)13/h3-4,9H,2,5-8H2,1H3. The lowest BCUT2D eigenvalue weighted by atomic mass is 10.3. The number of rotatable bonds is 8. The van der Waals surface area contributed by atoms with Gasteiger partial charge in [0.1, 0.15) is 0 Å². The molecule has 0 radical (unpaired) electrons. The number of hydrogen-bond donors (Lipinski definition) is 0. The predicted molar refractivity (Wildman–Crippen MR) is 66.8 cm³/mol. The van der Waals surface area contributed by atoms with Crippen molar-refractivity contribution in [3.05, 3.63) is 29.0 Å². The summed E-state index contributed by atoms with van der Waals surface area (Å²) in [5.41, 5.74) is 0.277. The van der Waals surface area contributed by atoms with E-state index in [1.807, 2.05) is 0 Å². The Bertz CT molecular complexity index is 373. The number of hydrogen-bond acceptors (Lipinski definition) is 5. The first-order valence-electron chi connectivity index (χ1n) is 5.59. The van der Waals surface area contributed by atoms with Gasteiger partial charge in [-0.1, -0.05) is 11.6 Å². The fourth-order valence-corrected chi connectivity index (χ4v) is 1.36. The number of carbonyl (C=O) groups excluding carboxylic acids is 1. The average Bonchev–Trinajstić information content (AvgIpc) is 2.38. The van der Waals surface area contributed by atoms with Crippen LogP contribution in [-0.2, 0) is 14.2 Å². The van der Waals surface area contributed by atoms with Gasteiger partial charge < -0.3 is 14.2 Å². The molecule has 1 aromatic heterocycles. The van der Waals surface area contributed by atoms with Crippen LogP contribution in [0.5, 0.6) is 0 Å². The Labute approximate surface area is 111 Å². The summed E-state index contributed by atoms with van der Waals surface area (Å²) < 4.78 is 15.1. The summed E-state index contributed by atoms with van der Waals surface area (Å²) in [5, 5.41) is 0.339. The Hall–Kier alpha value is -1.17. The third-order valence-electron chi connectivity index (χ3n) is 2.09. The zero-order chi connectivity index (χ0) is 13.2. The largest absolute Gasteiger partial charge is 0.462 e. The lowest BCUT2D eigenvalue weighted by Crippen LogP contribution is -2.10. The van der Waals surface area contributed by atoms with Gasteiger partial charge in [-0.15, -0.1) is 0 Å². The van der Waals surface area contributed by atoms with Crippen LogP contribution in [0.2, 0.25) is 5.02 Å². The van der Waals surface area contributed by atoms with Gasteiger partial charge in [0.25, 0.3) is 0 Å². The first-order valence-corrected chi connectivity index (χ1v) is 5.97. The Morgan fingerprint density at radius 1 is 1.33 bits per heavy atom. The minimum atomic E-state index is -0.468. The van der Waals surface area contributed by atoms with Crippen LogP contribution >= 0.6 is 11.6 Å². The van der Waals surface area contributed by atoms with Crippen molar-refractivity contribution in [2.75, 3.05) is 33.5 Å². The van der Waals surface area contributed by atoms with E-state index >= 15 is 0 Å². The SMILES string of the molecule is COCCOCCCOC(=O)c1cnccc1Cl. The molecule has 0 unspecified atom stereocenters. The number of pyridine rings is 1. The van der Waals surface area contributed by atoms with Gasteiger partial charge in [-0.3, -0.25) is 4.98 Å². The van der Waals surface area contributed by atoms with Crippen molar-refractivity contribution in [2.24, 2.45) is 0 Å². The van der Waals surface area contributed by atoms with Crippen molar-refractivity contribution < 1.29 is 19.0 Å². The molecule has 0 aromatic carbocycles. The fraction of sp³-hybridized carbons (Fsp3) is 0.500. The quantitative estimate of drug-likeness (QED) is 0.535. The summed E-state index contributed by atoms with van der Waals surface area (Å²) in [7, 11) is 1.61. The molecular formula is C12H16ClNO4. The average molecular weight is 274 g/mol.